The van der Waals surface area contributed by atoms with E-state index in [2.05, 4.69) is 4.74 Å². The van der Waals surface area contributed by atoms with Crippen LogP contribution in [0, 0.1) is 17.2 Å². The zero-order valence-electron chi connectivity index (χ0n) is 8.28. The van der Waals surface area contributed by atoms with E-state index in [1.165, 1.54) is 0 Å². The number of nitriles is 1. The van der Waals surface area contributed by atoms with Crippen molar-refractivity contribution in [1.82, 2.24) is 0 Å². The first-order valence-electron chi connectivity index (χ1n) is 4.24. The predicted octanol–water partition coefficient (Wildman–Crippen LogP) is 0.642. The minimum atomic E-state index is -0.714. The largest absolute Gasteiger partial charge is 0.463 e. The first-order chi connectivity index (χ1) is 6.56. The van der Waals surface area contributed by atoms with Crippen molar-refractivity contribution in [3.8, 4) is 6.07 Å². The van der Waals surface area contributed by atoms with E-state index in [-0.39, 0.29) is 12.3 Å². The summed E-state index contributed by atoms with van der Waals surface area (Å²) in [4.78, 5) is 21.5. The summed E-state index contributed by atoms with van der Waals surface area (Å²) in [7, 11) is 0. The van der Waals surface area contributed by atoms with E-state index in [0.717, 1.165) is 0 Å². The quantitative estimate of drug-likeness (QED) is 0.607. The van der Waals surface area contributed by atoms with E-state index < -0.39 is 18.5 Å². The summed E-state index contributed by atoms with van der Waals surface area (Å²) in [6, 6.07) is 1.61. The van der Waals surface area contributed by atoms with Gasteiger partial charge in [0, 0.05) is 0 Å². The molecule has 0 atom stereocenters. The number of rotatable bonds is 5. The summed E-state index contributed by atoms with van der Waals surface area (Å²) in [5, 5.41) is 8.11. The van der Waals surface area contributed by atoms with Gasteiger partial charge in [0.25, 0.3) is 0 Å². The second kappa shape index (κ2) is 6.89. The fraction of sp³-hybridized carbons (Fsp3) is 0.667. The maximum Gasteiger partial charge on any atom is 0.344 e. The highest BCUT2D eigenvalue weighted by atomic mass is 16.6. The lowest BCUT2D eigenvalue weighted by atomic mass is 10.2. The highest BCUT2D eigenvalue weighted by Gasteiger charge is 2.08. The highest BCUT2D eigenvalue weighted by molar-refractivity contribution is 5.77. The fourth-order valence-electron chi connectivity index (χ4n) is 0.556. The standard InChI is InChI=1S/C9H13NO4/c1-7(2)5-13-9(12)6-14-8(11)3-4-10/h7H,3,5-6H2,1-2H3. The molecule has 78 valence electrons. The molecule has 0 saturated carbocycles. The van der Waals surface area contributed by atoms with Crippen LogP contribution in [0.15, 0.2) is 0 Å². The molecule has 0 spiro atoms. The van der Waals surface area contributed by atoms with Crippen LogP contribution in [-0.4, -0.2) is 25.2 Å². The molecule has 0 radical (unpaired) electrons. The summed E-state index contributed by atoms with van der Waals surface area (Å²) in [6.45, 7) is 3.67. The molecule has 0 N–H and O–H groups in total. The van der Waals surface area contributed by atoms with Crippen LogP contribution < -0.4 is 0 Å². The van der Waals surface area contributed by atoms with Gasteiger partial charge in [-0.15, -0.1) is 0 Å². The van der Waals surface area contributed by atoms with E-state index >= 15 is 0 Å². The molecule has 14 heavy (non-hydrogen) atoms. The molecule has 0 aromatic carbocycles. The van der Waals surface area contributed by atoms with Crippen molar-refractivity contribution in [3.63, 3.8) is 0 Å². The second-order valence-corrected chi connectivity index (χ2v) is 3.07. The Morgan fingerprint density at radius 2 is 1.93 bits per heavy atom. The Labute approximate surface area is 82.6 Å². The molecular formula is C9H13NO4. The number of ether oxygens (including phenoxy) is 2. The first kappa shape index (κ1) is 12.4. The van der Waals surface area contributed by atoms with Crippen LogP contribution in [0.25, 0.3) is 0 Å². The molecule has 0 aliphatic carbocycles. The van der Waals surface area contributed by atoms with Crippen molar-refractivity contribution in [2.45, 2.75) is 20.3 Å². The molecule has 0 aromatic heterocycles. The summed E-state index contributed by atoms with van der Waals surface area (Å²) in [6.07, 6.45) is -0.350. The smallest absolute Gasteiger partial charge is 0.344 e. The molecule has 5 heteroatoms. The molecule has 0 fully saturated rings. The molecule has 0 rings (SSSR count). The number of carbonyl (C=O) groups is 2. The monoisotopic (exact) mass is 199 g/mol. The number of carbonyl (C=O) groups excluding carboxylic acids is 2. The van der Waals surface area contributed by atoms with Crippen molar-refractivity contribution >= 4 is 11.9 Å². The van der Waals surface area contributed by atoms with Crippen LogP contribution in [-0.2, 0) is 19.1 Å². The van der Waals surface area contributed by atoms with Gasteiger partial charge in [0.05, 0.1) is 12.7 Å². The third-order valence-corrected chi connectivity index (χ3v) is 1.15. The van der Waals surface area contributed by atoms with E-state index in [4.69, 9.17) is 10.00 Å². The lowest BCUT2D eigenvalue weighted by Gasteiger charge is -2.06. The SMILES string of the molecule is CC(C)COC(=O)COC(=O)CC#N. The minimum Gasteiger partial charge on any atom is -0.463 e. The number of hydrogen-bond acceptors (Lipinski definition) is 5. The zero-order valence-corrected chi connectivity index (χ0v) is 8.28. The van der Waals surface area contributed by atoms with Gasteiger partial charge in [-0.1, -0.05) is 13.8 Å². The van der Waals surface area contributed by atoms with E-state index in [9.17, 15) is 9.59 Å². The Kier molecular flexibility index (Phi) is 6.12. The average Bonchev–Trinajstić information content (AvgIpc) is 2.12. The van der Waals surface area contributed by atoms with Crippen LogP contribution >= 0.6 is 0 Å². The van der Waals surface area contributed by atoms with Gasteiger partial charge in [0.1, 0.15) is 6.42 Å². The predicted molar refractivity (Wildman–Crippen MR) is 47.0 cm³/mol. The lowest BCUT2D eigenvalue weighted by Crippen LogP contribution is -2.18. The molecule has 0 saturated heterocycles. The van der Waals surface area contributed by atoms with Gasteiger partial charge < -0.3 is 9.47 Å². The molecule has 0 aliphatic heterocycles. The molecule has 0 bridgehead atoms. The van der Waals surface area contributed by atoms with Gasteiger partial charge in [-0.05, 0) is 5.92 Å². The number of hydrogen-bond donors (Lipinski definition) is 0. The molecule has 0 aromatic rings. The summed E-state index contributed by atoms with van der Waals surface area (Å²) in [5.41, 5.74) is 0. The maximum absolute atomic E-state index is 10.9. The summed E-state index contributed by atoms with van der Waals surface area (Å²) < 4.78 is 9.17. The topological polar surface area (TPSA) is 76.4 Å². The van der Waals surface area contributed by atoms with Gasteiger partial charge in [-0.25, -0.2) is 4.79 Å². The Morgan fingerprint density at radius 1 is 1.29 bits per heavy atom. The van der Waals surface area contributed by atoms with Crippen molar-refractivity contribution in [3.05, 3.63) is 0 Å². The molecular weight excluding hydrogens is 186 g/mol. The van der Waals surface area contributed by atoms with Crippen molar-refractivity contribution in [2.75, 3.05) is 13.2 Å². The normalized spacial score (nSPS) is 9.29. The number of esters is 2. The molecule has 0 amide bonds. The van der Waals surface area contributed by atoms with Crippen LogP contribution in [0.3, 0.4) is 0 Å². The Bertz CT molecular complexity index is 242. The lowest BCUT2D eigenvalue weighted by molar-refractivity contribution is -0.158. The number of nitrogens with zero attached hydrogens (tertiary/aromatic N) is 1. The Morgan fingerprint density at radius 3 is 2.43 bits per heavy atom. The Hall–Kier alpha value is -1.57. The minimum absolute atomic E-state index is 0.244. The summed E-state index contributed by atoms with van der Waals surface area (Å²) in [5.74, 6) is -1.06. The summed E-state index contributed by atoms with van der Waals surface area (Å²) >= 11 is 0. The molecule has 0 aliphatic rings. The fourth-order valence-corrected chi connectivity index (χ4v) is 0.556. The average molecular weight is 199 g/mol. The van der Waals surface area contributed by atoms with Crippen molar-refractivity contribution < 1.29 is 19.1 Å². The van der Waals surface area contributed by atoms with Gasteiger partial charge in [-0.2, -0.15) is 5.26 Å². The van der Waals surface area contributed by atoms with Gasteiger partial charge >= 0.3 is 11.9 Å². The van der Waals surface area contributed by atoms with Crippen LogP contribution in [0.4, 0.5) is 0 Å². The highest BCUT2D eigenvalue weighted by Crippen LogP contribution is 1.93. The van der Waals surface area contributed by atoms with Gasteiger partial charge in [-0.3, -0.25) is 4.79 Å². The zero-order chi connectivity index (χ0) is 11.0. The molecule has 0 unspecified atom stereocenters. The first-order valence-corrected chi connectivity index (χ1v) is 4.24. The molecule has 0 heterocycles. The Balaban J connectivity index is 3.55. The van der Waals surface area contributed by atoms with E-state index in [1.54, 1.807) is 6.07 Å². The van der Waals surface area contributed by atoms with Gasteiger partial charge in [0.15, 0.2) is 6.61 Å². The third-order valence-electron chi connectivity index (χ3n) is 1.15. The molecule has 5 nitrogen and oxygen atoms in total. The van der Waals surface area contributed by atoms with Crippen LogP contribution in [0.5, 0.6) is 0 Å². The van der Waals surface area contributed by atoms with E-state index in [0.29, 0.717) is 6.61 Å². The van der Waals surface area contributed by atoms with Gasteiger partial charge in [0.2, 0.25) is 0 Å². The van der Waals surface area contributed by atoms with Crippen LogP contribution in [0.2, 0.25) is 0 Å². The van der Waals surface area contributed by atoms with Crippen molar-refractivity contribution in [1.29, 1.82) is 5.26 Å². The van der Waals surface area contributed by atoms with Crippen LogP contribution in [0.1, 0.15) is 20.3 Å². The van der Waals surface area contributed by atoms with Crippen molar-refractivity contribution in [2.24, 2.45) is 5.92 Å². The maximum atomic E-state index is 10.9. The second-order valence-electron chi connectivity index (χ2n) is 3.07. The third kappa shape index (κ3) is 7.10. The van der Waals surface area contributed by atoms with E-state index in [1.807, 2.05) is 13.8 Å².